The number of carboxylic acid groups (broad SMARTS) is 1. The van der Waals surface area contributed by atoms with Gasteiger partial charge in [0.25, 0.3) is 0 Å². The zero-order valence-electron chi connectivity index (χ0n) is 8.20. The Morgan fingerprint density at radius 3 is 2.86 bits per heavy atom. The Morgan fingerprint density at radius 2 is 2.29 bits per heavy atom. The van der Waals surface area contributed by atoms with E-state index in [9.17, 15) is 4.79 Å². The molecule has 1 aromatic rings. The average Bonchev–Trinajstić information content (AvgIpc) is 2.15. The number of carbonyl (C=O) groups is 1. The van der Waals surface area contributed by atoms with Crippen molar-refractivity contribution in [1.29, 1.82) is 0 Å². The van der Waals surface area contributed by atoms with Crippen LogP contribution in [0.25, 0.3) is 0 Å². The van der Waals surface area contributed by atoms with E-state index in [1.165, 1.54) is 0 Å². The van der Waals surface area contributed by atoms with Gasteiger partial charge in [-0.2, -0.15) is 0 Å². The number of amides is 1. The number of aryl methyl sites for hydroxylation is 1. The number of ether oxygens (including phenoxy) is 1. The summed E-state index contributed by atoms with van der Waals surface area (Å²) in [6.07, 6.45) is -1.03. The lowest BCUT2D eigenvalue weighted by Crippen LogP contribution is -2.20. The first kappa shape index (κ1) is 10.4. The Balaban J connectivity index is 2.82. The van der Waals surface area contributed by atoms with Gasteiger partial charge in [-0.05, 0) is 13.0 Å². The fourth-order valence-electron chi connectivity index (χ4n) is 1.22. The van der Waals surface area contributed by atoms with Crippen LogP contribution in [0.4, 0.5) is 4.79 Å². The molecule has 0 atom stereocenters. The molecule has 1 rings (SSSR count). The maximum atomic E-state index is 10.3. The van der Waals surface area contributed by atoms with Gasteiger partial charge < -0.3 is 15.2 Å². The minimum absolute atomic E-state index is 0.264. The molecule has 0 spiro atoms. The normalized spacial score (nSPS) is 9.57. The Kier molecular flexibility index (Phi) is 3.34. The zero-order chi connectivity index (χ0) is 10.6. The molecule has 0 unspecified atom stereocenters. The number of hydrogen-bond donors (Lipinski definition) is 2. The third-order valence-corrected chi connectivity index (χ3v) is 1.87. The monoisotopic (exact) mass is 195 g/mol. The Hall–Kier alpha value is -1.71. The first-order chi connectivity index (χ1) is 6.63. The van der Waals surface area contributed by atoms with Gasteiger partial charge in [-0.25, -0.2) is 4.79 Å². The fraction of sp³-hybridized carbons (Fsp3) is 0.300. The number of methoxy groups -OCH3 is 1. The van der Waals surface area contributed by atoms with Crippen molar-refractivity contribution in [2.45, 2.75) is 13.5 Å². The van der Waals surface area contributed by atoms with E-state index in [4.69, 9.17) is 9.84 Å². The fourth-order valence-corrected chi connectivity index (χ4v) is 1.22. The molecule has 0 saturated carbocycles. The summed E-state index contributed by atoms with van der Waals surface area (Å²) >= 11 is 0. The van der Waals surface area contributed by atoms with Crippen LogP contribution in [-0.2, 0) is 6.54 Å². The molecule has 0 aliphatic carbocycles. The summed E-state index contributed by atoms with van der Waals surface area (Å²) in [7, 11) is 1.56. The summed E-state index contributed by atoms with van der Waals surface area (Å²) in [5, 5.41) is 10.8. The van der Waals surface area contributed by atoms with E-state index in [0.29, 0.717) is 5.75 Å². The molecule has 0 aromatic heterocycles. The van der Waals surface area contributed by atoms with Crippen molar-refractivity contribution in [3.8, 4) is 5.75 Å². The minimum atomic E-state index is -1.03. The molecule has 1 aromatic carbocycles. The van der Waals surface area contributed by atoms with Crippen molar-refractivity contribution in [1.82, 2.24) is 5.32 Å². The highest BCUT2D eigenvalue weighted by molar-refractivity contribution is 5.64. The van der Waals surface area contributed by atoms with Crippen LogP contribution in [0.2, 0.25) is 0 Å². The molecule has 0 saturated heterocycles. The first-order valence-electron chi connectivity index (χ1n) is 4.24. The molecular weight excluding hydrogens is 182 g/mol. The van der Waals surface area contributed by atoms with Crippen molar-refractivity contribution in [2.75, 3.05) is 7.11 Å². The maximum absolute atomic E-state index is 10.3. The average molecular weight is 195 g/mol. The molecule has 0 heterocycles. The second kappa shape index (κ2) is 4.50. The lowest BCUT2D eigenvalue weighted by atomic mass is 10.1. The predicted molar refractivity (Wildman–Crippen MR) is 52.6 cm³/mol. The lowest BCUT2D eigenvalue weighted by molar-refractivity contribution is 0.194. The number of rotatable bonds is 3. The molecule has 0 aliphatic rings. The minimum Gasteiger partial charge on any atom is -0.496 e. The molecule has 76 valence electrons. The van der Waals surface area contributed by atoms with E-state index in [-0.39, 0.29) is 6.54 Å². The summed E-state index contributed by atoms with van der Waals surface area (Å²) < 4.78 is 5.10. The topological polar surface area (TPSA) is 58.6 Å². The highest BCUT2D eigenvalue weighted by Gasteiger charge is 2.03. The van der Waals surface area contributed by atoms with Crippen LogP contribution in [0.5, 0.6) is 5.75 Å². The number of nitrogens with one attached hydrogen (secondary N) is 1. The molecule has 14 heavy (non-hydrogen) atoms. The Bertz CT molecular complexity index is 336. The molecule has 0 bridgehead atoms. The standard InChI is InChI=1S/C10H13NO3/c1-7-3-4-9(14-2)8(5-7)6-11-10(12)13/h3-5,11H,6H2,1-2H3,(H,12,13). The second-order valence-corrected chi connectivity index (χ2v) is 2.97. The summed E-state index contributed by atoms with van der Waals surface area (Å²) in [6.45, 7) is 2.21. The van der Waals surface area contributed by atoms with Crippen molar-refractivity contribution in [3.05, 3.63) is 29.3 Å². The van der Waals surface area contributed by atoms with E-state index in [2.05, 4.69) is 5.32 Å². The molecule has 1 amide bonds. The smallest absolute Gasteiger partial charge is 0.404 e. The lowest BCUT2D eigenvalue weighted by Gasteiger charge is -2.08. The number of benzene rings is 1. The van der Waals surface area contributed by atoms with Gasteiger partial charge in [-0.1, -0.05) is 17.7 Å². The quantitative estimate of drug-likeness (QED) is 0.772. The SMILES string of the molecule is COc1ccc(C)cc1CNC(=O)O. The highest BCUT2D eigenvalue weighted by atomic mass is 16.5. The molecular formula is C10H13NO3. The molecule has 0 radical (unpaired) electrons. The molecule has 4 nitrogen and oxygen atoms in total. The highest BCUT2D eigenvalue weighted by Crippen LogP contribution is 2.19. The van der Waals surface area contributed by atoms with E-state index < -0.39 is 6.09 Å². The van der Waals surface area contributed by atoms with Crippen LogP contribution in [0, 0.1) is 6.92 Å². The second-order valence-electron chi connectivity index (χ2n) is 2.97. The van der Waals surface area contributed by atoms with E-state index in [0.717, 1.165) is 11.1 Å². The van der Waals surface area contributed by atoms with Gasteiger partial charge in [-0.15, -0.1) is 0 Å². The van der Waals surface area contributed by atoms with Crippen LogP contribution in [0.1, 0.15) is 11.1 Å². The third-order valence-electron chi connectivity index (χ3n) is 1.87. The van der Waals surface area contributed by atoms with E-state index in [1.807, 2.05) is 25.1 Å². The van der Waals surface area contributed by atoms with Gasteiger partial charge in [0.15, 0.2) is 0 Å². The summed E-state index contributed by atoms with van der Waals surface area (Å²) in [6, 6.07) is 5.64. The van der Waals surface area contributed by atoms with Gasteiger partial charge in [0.2, 0.25) is 0 Å². The molecule has 0 fully saturated rings. The van der Waals surface area contributed by atoms with E-state index >= 15 is 0 Å². The van der Waals surface area contributed by atoms with Crippen molar-refractivity contribution < 1.29 is 14.6 Å². The molecule has 2 N–H and O–H groups in total. The summed E-state index contributed by atoms with van der Waals surface area (Å²) in [4.78, 5) is 10.3. The summed E-state index contributed by atoms with van der Waals surface area (Å²) in [5.74, 6) is 0.698. The van der Waals surface area contributed by atoms with Crippen molar-refractivity contribution in [2.24, 2.45) is 0 Å². The van der Waals surface area contributed by atoms with Crippen molar-refractivity contribution in [3.63, 3.8) is 0 Å². The van der Waals surface area contributed by atoms with Gasteiger partial charge >= 0.3 is 6.09 Å². The van der Waals surface area contributed by atoms with Gasteiger partial charge in [-0.3, -0.25) is 0 Å². The predicted octanol–water partition coefficient (Wildman–Crippen LogP) is 1.77. The Morgan fingerprint density at radius 1 is 1.57 bits per heavy atom. The van der Waals surface area contributed by atoms with Gasteiger partial charge in [0, 0.05) is 12.1 Å². The van der Waals surface area contributed by atoms with Crippen molar-refractivity contribution >= 4 is 6.09 Å². The largest absolute Gasteiger partial charge is 0.496 e. The first-order valence-corrected chi connectivity index (χ1v) is 4.24. The number of hydrogen-bond acceptors (Lipinski definition) is 2. The zero-order valence-corrected chi connectivity index (χ0v) is 8.20. The molecule has 0 aliphatic heterocycles. The van der Waals surface area contributed by atoms with Crippen LogP contribution in [0.3, 0.4) is 0 Å². The summed E-state index contributed by atoms with van der Waals surface area (Å²) in [5.41, 5.74) is 1.92. The van der Waals surface area contributed by atoms with Gasteiger partial charge in [0.05, 0.1) is 7.11 Å². The molecule has 4 heteroatoms. The van der Waals surface area contributed by atoms with Crippen LogP contribution in [-0.4, -0.2) is 18.3 Å². The van der Waals surface area contributed by atoms with Crippen LogP contribution < -0.4 is 10.1 Å². The Labute approximate surface area is 82.5 Å². The van der Waals surface area contributed by atoms with Gasteiger partial charge in [0.1, 0.15) is 5.75 Å². The third kappa shape index (κ3) is 2.65. The van der Waals surface area contributed by atoms with Crippen LogP contribution in [0.15, 0.2) is 18.2 Å². The van der Waals surface area contributed by atoms with Crippen LogP contribution >= 0.6 is 0 Å². The van der Waals surface area contributed by atoms with E-state index in [1.54, 1.807) is 7.11 Å². The maximum Gasteiger partial charge on any atom is 0.404 e.